The first kappa shape index (κ1) is 18.8. The number of amides is 1. The van der Waals surface area contributed by atoms with Crippen molar-refractivity contribution in [2.45, 2.75) is 45.1 Å². The minimum atomic E-state index is -0.362. The second-order valence-electron chi connectivity index (χ2n) is 6.10. The lowest BCUT2D eigenvalue weighted by atomic mass is 10.0. The Bertz CT molecular complexity index is 683. The number of hydrogen-bond acceptors (Lipinski definition) is 2. The van der Waals surface area contributed by atoms with Gasteiger partial charge in [0.15, 0.2) is 5.78 Å². The molecule has 0 heterocycles. The second kappa shape index (κ2) is 9.72. The van der Waals surface area contributed by atoms with Crippen molar-refractivity contribution in [2.24, 2.45) is 0 Å². The zero-order chi connectivity index (χ0) is 18.1. The van der Waals surface area contributed by atoms with Gasteiger partial charge in [0.25, 0.3) is 0 Å². The second-order valence-corrected chi connectivity index (χ2v) is 6.10. The van der Waals surface area contributed by atoms with Crippen LogP contribution in [0.5, 0.6) is 0 Å². The maximum Gasteiger partial charge on any atom is 0.220 e. The molecule has 0 aliphatic heterocycles. The summed E-state index contributed by atoms with van der Waals surface area (Å²) >= 11 is 0. The lowest BCUT2D eigenvalue weighted by molar-refractivity contribution is -0.122. The summed E-state index contributed by atoms with van der Waals surface area (Å²) in [6.07, 6.45) is 2.92. The highest BCUT2D eigenvalue weighted by Crippen LogP contribution is 2.18. The smallest absolute Gasteiger partial charge is 0.220 e. The van der Waals surface area contributed by atoms with Crippen molar-refractivity contribution in [1.82, 2.24) is 5.32 Å². The zero-order valence-corrected chi connectivity index (χ0v) is 14.5. The molecule has 1 amide bonds. The van der Waals surface area contributed by atoms with E-state index in [4.69, 9.17) is 0 Å². The summed E-state index contributed by atoms with van der Waals surface area (Å²) in [4.78, 5) is 24.2. The summed E-state index contributed by atoms with van der Waals surface area (Å²) in [5.41, 5.74) is 1.58. The zero-order valence-electron chi connectivity index (χ0n) is 14.5. The van der Waals surface area contributed by atoms with Crippen molar-refractivity contribution in [1.29, 1.82) is 0 Å². The monoisotopic (exact) mass is 341 g/mol. The molecule has 0 spiro atoms. The van der Waals surface area contributed by atoms with Crippen LogP contribution in [0.4, 0.5) is 4.39 Å². The van der Waals surface area contributed by atoms with E-state index < -0.39 is 0 Å². The number of benzene rings is 2. The Morgan fingerprint density at radius 1 is 1.00 bits per heavy atom. The van der Waals surface area contributed by atoms with Crippen molar-refractivity contribution in [3.8, 4) is 0 Å². The highest BCUT2D eigenvalue weighted by atomic mass is 19.1. The fourth-order valence-electron chi connectivity index (χ4n) is 2.75. The van der Waals surface area contributed by atoms with Gasteiger partial charge in [-0.05, 0) is 42.7 Å². The molecule has 0 aromatic heterocycles. The van der Waals surface area contributed by atoms with Gasteiger partial charge >= 0.3 is 0 Å². The fraction of sp³-hybridized carbons (Fsp3) is 0.333. The van der Waals surface area contributed by atoms with Crippen molar-refractivity contribution < 1.29 is 14.0 Å². The minimum absolute atomic E-state index is 0.00602. The summed E-state index contributed by atoms with van der Waals surface area (Å²) < 4.78 is 12.9. The van der Waals surface area contributed by atoms with Crippen molar-refractivity contribution in [3.05, 3.63) is 71.5 Å². The molecular formula is C21H24FNO2. The molecule has 4 heteroatoms. The first-order valence-electron chi connectivity index (χ1n) is 8.73. The fourth-order valence-corrected chi connectivity index (χ4v) is 2.75. The van der Waals surface area contributed by atoms with Crippen LogP contribution in [0.25, 0.3) is 0 Å². The molecule has 132 valence electrons. The van der Waals surface area contributed by atoms with E-state index in [-0.39, 0.29) is 30.0 Å². The van der Waals surface area contributed by atoms with Gasteiger partial charge in [-0.1, -0.05) is 43.7 Å². The SMILES string of the molecule is CCC[C@H](NC(=O)CCCC(=O)c1ccc(F)cc1)c1ccccc1. The molecule has 1 N–H and O–H groups in total. The first-order chi connectivity index (χ1) is 12.1. The largest absolute Gasteiger partial charge is 0.349 e. The Morgan fingerprint density at radius 3 is 2.32 bits per heavy atom. The van der Waals surface area contributed by atoms with E-state index in [1.165, 1.54) is 24.3 Å². The van der Waals surface area contributed by atoms with Crippen LogP contribution >= 0.6 is 0 Å². The third kappa shape index (κ3) is 6.14. The molecule has 0 saturated heterocycles. The van der Waals surface area contributed by atoms with Gasteiger partial charge in [0.05, 0.1) is 6.04 Å². The molecular weight excluding hydrogens is 317 g/mol. The Hall–Kier alpha value is -2.49. The van der Waals surface area contributed by atoms with Crippen LogP contribution in [0.2, 0.25) is 0 Å². The van der Waals surface area contributed by atoms with E-state index in [2.05, 4.69) is 12.2 Å². The molecule has 2 rings (SSSR count). The average molecular weight is 341 g/mol. The number of carbonyl (C=O) groups is 2. The first-order valence-corrected chi connectivity index (χ1v) is 8.73. The van der Waals surface area contributed by atoms with E-state index >= 15 is 0 Å². The number of nitrogens with one attached hydrogen (secondary N) is 1. The predicted octanol–water partition coefficient (Wildman–Crippen LogP) is 4.84. The predicted molar refractivity (Wildman–Crippen MR) is 96.8 cm³/mol. The van der Waals surface area contributed by atoms with Gasteiger partial charge in [-0.25, -0.2) is 4.39 Å². The van der Waals surface area contributed by atoms with Gasteiger partial charge < -0.3 is 5.32 Å². The molecule has 3 nitrogen and oxygen atoms in total. The van der Waals surface area contributed by atoms with Crippen molar-refractivity contribution in [3.63, 3.8) is 0 Å². The Balaban J connectivity index is 1.81. The van der Waals surface area contributed by atoms with Crippen LogP contribution in [0.3, 0.4) is 0 Å². The summed E-state index contributed by atoms with van der Waals surface area (Å²) in [7, 11) is 0. The van der Waals surface area contributed by atoms with Gasteiger partial charge in [-0.3, -0.25) is 9.59 Å². The van der Waals surface area contributed by atoms with Gasteiger partial charge in [0.2, 0.25) is 5.91 Å². The van der Waals surface area contributed by atoms with Gasteiger partial charge in [0.1, 0.15) is 5.82 Å². The number of rotatable bonds is 9. The molecule has 0 saturated carbocycles. The minimum Gasteiger partial charge on any atom is -0.349 e. The Morgan fingerprint density at radius 2 is 1.68 bits per heavy atom. The summed E-state index contributed by atoms with van der Waals surface area (Å²) in [5, 5.41) is 3.06. The number of ketones is 1. The topological polar surface area (TPSA) is 46.2 Å². The van der Waals surface area contributed by atoms with Crippen LogP contribution in [0, 0.1) is 5.82 Å². The lowest BCUT2D eigenvalue weighted by Gasteiger charge is -2.18. The summed E-state index contributed by atoms with van der Waals surface area (Å²) in [6, 6.07) is 15.4. The van der Waals surface area contributed by atoms with Gasteiger partial charge in [-0.15, -0.1) is 0 Å². The third-order valence-corrected chi connectivity index (χ3v) is 4.09. The standard InChI is InChI=1S/C21H24FNO2/c1-2-7-19(16-8-4-3-5-9-16)23-21(25)11-6-10-20(24)17-12-14-18(22)15-13-17/h3-5,8-9,12-15,19H,2,6-7,10-11H2,1H3,(H,23,25)/t19-/m0/s1. The maximum atomic E-state index is 12.9. The summed E-state index contributed by atoms with van der Waals surface area (Å²) in [6.45, 7) is 2.09. The van der Waals surface area contributed by atoms with E-state index in [9.17, 15) is 14.0 Å². The van der Waals surface area contributed by atoms with E-state index in [0.29, 0.717) is 18.4 Å². The van der Waals surface area contributed by atoms with Crippen LogP contribution in [-0.2, 0) is 4.79 Å². The quantitative estimate of drug-likeness (QED) is 0.664. The van der Waals surface area contributed by atoms with E-state index in [1.54, 1.807) is 0 Å². The molecule has 0 fully saturated rings. The lowest BCUT2D eigenvalue weighted by Crippen LogP contribution is -2.28. The Labute approximate surface area is 148 Å². The molecule has 2 aromatic rings. The van der Waals surface area contributed by atoms with Gasteiger partial charge in [0, 0.05) is 18.4 Å². The summed E-state index contributed by atoms with van der Waals surface area (Å²) in [5.74, 6) is -0.478. The van der Waals surface area contributed by atoms with E-state index in [1.807, 2.05) is 30.3 Å². The van der Waals surface area contributed by atoms with Crippen LogP contribution in [0.1, 0.15) is 61.0 Å². The Kier molecular flexibility index (Phi) is 7.33. The number of halogens is 1. The highest BCUT2D eigenvalue weighted by Gasteiger charge is 2.14. The van der Waals surface area contributed by atoms with Crippen LogP contribution < -0.4 is 5.32 Å². The normalized spacial score (nSPS) is 11.8. The molecule has 0 aliphatic carbocycles. The highest BCUT2D eigenvalue weighted by molar-refractivity contribution is 5.96. The maximum absolute atomic E-state index is 12.9. The third-order valence-electron chi connectivity index (χ3n) is 4.09. The van der Waals surface area contributed by atoms with Crippen LogP contribution in [0.15, 0.2) is 54.6 Å². The van der Waals surface area contributed by atoms with Gasteiger partial charge in [-0.2, -0.15) is 0 Å². The molecule has 2 aromatic carbocycles. The average Bonchev–Trinajstić information content (AvgIpc) is 2.62. The molecule has 0 bridgehead atoms. The molecule has 25 heavy (non-hydrogen) atoms. The molecule has 0 radical (unpaired) electrons. The van der Waals surface area contributed by atoms with Crippen LogP contribution in [-0.4, -0.2) is 11.7 Å². The van der Waals surface area contributed by atoms with E-state index in [0.717, 1.165) is 18.4 Å². The van der Waals surface area contributed by atoms with Crippen molar-refractivity contribution >= 4 is 11.7 Å². The molecule has 1 atom stereocenters. The molecule has 0 unspecified atom stereocenters. The number of hydrogen-bond donors (Lipinski definition) is 1. The number of Topliss-reactive ketones (excluding diaryl/α,β-unsaturated/α-hetero) is 1. The number of carbonyl (C=O) groups excluding carboxylic acids is 2. The molecule has 0 aliphatic rings. The van der Waals surface area contributed by atoms with Crippen molar-refractivity contribution in [2.75, 3.05) is 0 Å².